The number of phenols is 1. The molecule has 3 aliphatic rings. The Morgan fingerprint density at radius 2 is 1.12 bits per heavy atom. The van der Waals surface area contributed by atoms with Crippen molar-refractivity contribution in [3.05, 3.63) is 102 Å². The van der Waals surface area contributed by atoms with Crippen LogP contribution in [0.1, 0.15) is 148 Å². The largest absolute Gasteiger partial charge is 0.508 e. The molecule has 3 aliphatic heterocycles. The van der Waals surface area contributed by atoms with Crippen molar-refractivity contribution in [1.82, 2.24) is 92.5 Å². The molecule has 0 radical (unpaired) electrons. The van der Waals surface area contributed by atoms with Crippen molar-refractivity contribution in [3.8, 4) is 5.75 Å². The number of nitrogens with zero attached hydrogens (tertiary/aromatic N) is 6. The topological polar surface area (TPSA) is 707 Å². The van der Waals surface area contributed by atoms with Gasteiger partial charge in [-0.2, -0.15) is 0 Å². The van der Waals surface area contributed by atoms with Gasteiger partial charge in [-0.1, -0.05) is 102 Å². The molecule has 0 saturated carbocycles. The number of unbranched alkanes of at least 4 members (excludes halogenated alkanes) is 2. The second-order valence-electron chi connectivity index (χ2n) is 35.3. The number of likely N-dealkylation sites (N-methyl/N-ethyl adjacent to an activating group) is 3. The van der Waals surface area contributed by atoms with Gasteiger partial charge in [-0.05, 0) is 98.7 Å². The zero-order valence-electron chi connectivity index (χ0n) is 78.0. The Morgan fingerprint density at radius 3 is 1.74 bits per heavy atom. The first-order valence-electron chi connectivity index (χ1n) is 45.4. The second-order valence-corrected chi connectivity index (χ2v) is 35.3. The molecule has 3 aromatic carbocycles. The predicted octanol–water partition coefficient (Wildman–Crippen LogP) is -4.52. The number of H-pyrrole nitrogens is 1. The maximum absolute atomic E-state index is 16.0. The summed E-state index contributed by atoms with van der Waals surface area (Å²) >= 11 is 0. The van der Waals surface area contributed by atoms with Crippen molar-refractivity contribution in [2.75, 3.05) is 53.9 Å². The number of carboxylic acids is 3. The van der Waals surface area contributed by atoms with Crippen molar-refractivity contribution in [1.29, 1.82) is 0 Å². The van der Waals surface area contributed by atoms with E-state index in [4.69, 9.17) is 17.2 Å². The van der Waals surface area contributed by atoms with Gasteiger partial charge in [-0.25, -0.2) is 0 Å². The number of carbonyl (C=O) groups excluding carboxylic acids is 18. The highest BCUT2D eigenvalue weighted by atomic mass is 16.4. The molecule has 5 aromatic rings. The number of phenolic OH excluding ortho intramolecular Hbond substituents is 1. The van der Waals surface area contributed by atoms with Crippen molar-refractivity contribution < 1.29 is 126 Å². The summed E-state index contributed by atoms with van der Waals surface area (Å²) in [5.41, 5.74) is 16.0. The number of nitrogens with one attached hydrogen (secondary N) is 12. The highest BCUT2D eigenvalue weighted by Crippen LogP contribution is 2.32. The zero-order chi connectivity index (χ0) is 102. The quantitative estimate of drug-likeness (QED) is 0.0201. The minimum atomic E-state index is -2.62. The fraction of sp³-hybridized carbons (Fsp3) is 0.527. The van der Waals surface area contributed by atoms with E-state index < -0.39 is 299 Å². The molecule has 138 heavy (non-hydrogen) atoms. The normalized spacial score (nSPS) is 24.9. The summed E-state index contributed by atoms with van der Waals surface area (Å²) < 4.78 is 1.36. The van der Waals surface area contributed by atoms with Crippen molar-refractivity contribution >= 4 is 146 Å². The van der Waals surface area contributed by atoms with Crippen LogP contribution in [0.5, 0.6) is 5.75 Å². The van der Waals surface area contributed by atoms with Crippen LogP contribution in [0.4, 0.5) is 0 Å². The van der Waals surface area contributed by atoms with Crippen molar-refractivity contribution in [2.45, 2.75) is 247 Å². The molecule has 0 aliphatic carbocycles. The van der Waals surface area contributed by atoms with E-state index in [2.05, 4.69) is 63.5 Å². The maximum atomic E-state index is 16.0. The Bertz CT molecular complexity index is 5330. The zero-order valence-corrected chi connectivity index (χ0v) is 78.0. The molecule has 5 heterocycles. The molecule has 0 bridgehead atoms. The van der Waals surface area contributed by atoms with Crippen LogP contribution in [0.2, 0.25) is 0 Å². The molecule has 47 nitrogen and oxygen atoms in total. The SMILES string of the molecule is CCCC[C@H]1C(=O)N(C)[C@@H](CCCC)C(=O)N[C@@H](CC(C)C)C(=O)N[C@H](C(=O)NCC(N)=O)CNCC(=O)N[C@@H](Cc2ccc(O)cc2)C(=O)N(C)[C@@H](C)C(=O)N[C@@H](CC(=O)O)C(=O)N2CCC[C@H]2C(=O)N[C@@H](CCC(N)=O)C(=O)N[C@@H](CC(=O)O)C(=O)N2C[C@H](O)CC2(C=O)N[C@@H](Cc2c[nH]c3ccccc23)C(=O)N[C@@H](CC(N)=O)C(=O)N[C@@H](Cc2cn(CC(=O)O)c3ccccc23)C(=O)N1C. The number of aromatic amines is 1. The summed E-state index contributed by atoms with van der Waals surface area (Å²) in [7, 11) is 3.66. The first kappa shape index (κ1) is 109. The Balaban J connectivity index is 1.25. The Labute approximate surface area is 793 Å². The van der Waals surface area contributed by atoms with E-state index in [0.29, 0.717) is 50.7 Å². The van der Waals surface area contributed by atoms with Gasteiger partial charge >= 0.3 is 17.9 Å². The monoisotopic (exact) mass is 1930 g/mol. The molecule has 23 N–H and O–H groups in total. The lowest BCUT2D eigenvalue weighted by atomic mass is 9.98. The van der Waals surface area contributed by atoms with Gasteiger partial charge in [0.25, 0.3) is 0 Å². The maximum Gasteiger partial charge on any atom is 0.323 e. The van der Waals surface area contributed by atoms with Gasteiger partial charge in [-0.15, -0.1) is 0 Å². The van der Waals surface area contributed by atoms with Crippen LogP contribution in [0, 0.1) is 5.92 Å². The lowest BCUT2D eigenvalue weighted by molar-refractivity contribution is -0.149. The van der Waals surface area contributed by atoms with Crippen LogP contribution in [-0.4, -0.2) is 328 Å². The van der Waals surface area contributed by atoms with Crippen LogP contribution in [-0.2, 0) is 126 Å². The molecule has 15 atom stereocenters. The number of amides is 17. The van der Waals surface area contributed by atoms with Gasteiger partial charge in [0.05, 0.1) is 44.5 Å². The molecule has 8 rings (SSSR count). The highest BCUT2D eigenvalue weighted by molar-refractivity contribution is 6.03. The Hall–Kier alpha value is -14.5. The third-order valence-corrected chi connectivity index (χ3v) is 24.4. The number of para-hydroxylation sites is 2. The van der Waals surface area contributed by atoms with Crippen molar-refractivity contribution in [3.63, 3.8) is 0 Å². The van der Waals surface area contributed by atoms with Crippen LogP contribution in [0.15, 0.2) is 85.2 Å². The molecular weight excluding hydrogens is 1800 g/mol. The van der Waals surface area contributed by atoms with E-state index in [0.717, 1.165) is 26.6 Å². The third-order valence-electron chi connectivity index (χ3n) is 24.4. The molecule has 0 spiro atoms. The highest BCUT2D eigenvalue weighted by Gasteiger charge is 2.53. The lowest BCUT2D eigenvalue weighted by Gasteiger charge is -2.39. The first-order chi connectivity index (χ1) is 65.3. The van der Waals surface area contributed by atoms with Gasteiger partial charge in [0.1, 0.15) is 84.8 Å². The average molecular weight is 1930 g/mol. The summed E-state index contributed by atoms with van der Waals surface area (Å²) in [6, 6.07) is -4.80. The number of hydrogen-bond donors (Lipinski definition) is 20. The van der Waals surface area contributed by atoms with E-state index >= 15 is 28.8 Å². The predicted molar refractivity (Wildman–Crippen MR) is 491 cm³/mol. The first-order valence-corrected chi connectivity index (χ1v) is 45.4. The number of hydrogen-bond acceptors (Lipinski definition) is 25. The molecule has 3 saturated heterocycles. The lowest BCUT2D eigenvalue weighted by Crippen LogP contribution is -2.67. The standard InChI is InChI=1S/C91H125N21O26/c1-9-11-21-68-84(132)101-59(32-48(3)4)81(129)105-66(79(127)97-42-73(94)118)41-95-43-74(119)98-62(33-50-25-27-53(114)28-26-50)86(134)107(6)49(5)78(126)102-64(37-75(120)121)88(136)111-31-17-24-69(111)85(133)99-58(29-30-71(92)116)80(128)104-65(38-76(122)123)89(137)112-45-54(115)39-91(112,47-113)106-61(34-51-40-96-57-20-15-13-18-55(51)57)83(131)100-60(36-72(93)117)82(130)103-63(87(135)109(8)70(22-12-10-2)90(138)108(68)7)35-52-44-110(46-77(124)125)67-23-16-14-19-56(52)67/h13-16,18-20,23,25-28,40,44,47-49,54,58-66,68-70,95-96,106,114-115H,9-12,17,21-22,24,29-39,41-43,45-46H2,1-8H3,(H2,92,116)(H2,93,117)(H2,94,118)(H,97,127)(H,98,119)(H,99,133)(H,100,131)(H,101,132)(H,102,126)(H,103,130)(H,104,128)(H,105,129)(H,120,121)(H,122,123)(H,124,125)/t49-,54+,58-,59-,60-,61-,62-,63-,64-,65-,66-,68-,69-,70-,91?/m0/s1. The smallest absolute Gasteiger partial charge is 0.323 e. The van der Waals surface area contributed by atoms with E-state index in [9.17, 15) is 97.5 Å². The fourth-order valence-electron chi connectivity index (χ4n) is 17.0. The summed E-state index contributed by atoms with van der Waals surface area (Å²) in [5, 5.41) is 81.4. The van der Waals surface area contributed by atoms with E-state index in [1.807, 2.05) is 0 Å². The van der Waals surface area contributed by atoms with Gasteiger partial charge in [0.2, 0.25) is 100 Å². The summed E-state index contributed by atoms with van der Waals surface area (Å²) in [5.74, 6) is -24.3. The van der Waals surface area contributed by atoms with Gasteiger partial charge in [-0.3, -0.25) is 106 Å². The number of aldehydes is 1. The third kappa shape index (κ3) is 29.7. The number of aliphatic hydroxyl groups excluding tert-OH is 1. The summed E-state index contributed by atoms with van der Waals surface area (Å²) in [6.07, 6.45) is -4.99. The molecular formula is C91H125N21O26. The number of carboxylic acid groups (broad SMARTS) is 3. The van der Waals surface area contributed by atoms with Gasteiger partial charge in [0, 0.05) is 101 Å². The van der Waals surface area contributed by atoms with Gasteiger partial charge in [0.15, 0.2) is 11.9 Å². The number of primary amides is 3. The molecule has 2 aromatic heterocycles. The average Bonchev–Trinajstić information content (AvgIpc) is 1.58. The van der Waals surface area contributed by atoms with Crippen LogP contribution < -0.4 is 75.7 Å². The Kier molecular flexibility index (Phi) is 39.7. The number of rotatable bonds is 29. The molecule has 750 valence electrons. The summed E-state index contributed by atoms with van der Waals surface area (Å²) in [6.45, 7) is 4.28. The number of aliphatic hydroxyl groups is 1. The van der Waals surface area contributed by atoms with E-state index in [1.54, 1.807) is 76.2 Å². The van der Waals surface area contributed by atoms with Crippen molar-refractivity contribution in [2.24, 2.45) is 23.1 Å². The number of benzene rings is 3. The minimum Gasteiger partial charge on any atom is -0.508 e. The van der Waals surface area contributed by atoms with Crippen LogP contribution >= 0.6 is 0 Å². The number of aromatic nitrogens is 2. The number of nitrogens with two attached hydrogens (primary N) is 3. The van der Waals surface area contributed by atoms with Gasteiger partial charge < -0.3 is 130 Å². The summed E-state index contributed by atoms with van der Waals surface area (Å²) in [4.78, 5) is 308. The van der Waals surface area contributed by atoms with Crippen LogP contribution in [0.25, 0.3) is 21.8 Å². The van der Waals surface area contributed by atoms with Crippen LogP contribution in [0.3, 0.4) is 0 Å². The molecule has 3 fully saturated rings. The Morgan fingerprint density at radius 1 is 0.558 bits per heavy atom. The van der Waals surface area contributed by atoms with E-state index in [-0.39, 0.29) is 75.5 Å². The number of carbonyl (C=O) groups is 21. The number of aromatic hydroxyl groups is 1. The number of aliphatic carboxylic acids is 3. The second kappa shape index (κ2) is 50.4. The molecule has 47 heteroatoms. The minimum absolute atomic E-state index is 0.0179. The molecule has 1 unspecified atom stereocenters. The van der Waals surface area contributed by atoms with E-state index in [1.165, 1.54) is 62.2 Å². The number of fused-ring (bicyclic) bond motifs is 4. The fourth-order valence-corrected chi connectivity index (χ4v) is 17.0. The molecule has 17 amide bonds.